The Labute approximate surface area is 62.0 Å². The first-order valence-electron chi connectivity index (χ1n) is 2.82. The topological polar surface area (TPSA) is 64.7 Å². The van der Waals surface area contributed by atoms with Crippen LogP contribution in [-0.2, 0) is 9.63 Å². The van der Waals surface area contributed by atoms with E-state index in [1.165, 1.54) is 21.1 Å². The Balaban J connectivity index is -0.0000000847. The molecule has 0 amide bonds. The summed E-state index contributed by atoms with van der Waals surface area (Å²) in [4.78, 5) is 13.1. The Kier molecular flexibility index (Phi) is 68.2. The van der Waals surface area contributed by atoms with Gasteiger partial charge in [0, 0.05) is 6.21 Å². The van der Waals surface area contributed by atoms with Gasteiger partial charge in [-0.15, -0.1) is 5.16 Å². The van der Waals surface area contributed by atoms with Crippen LogP contribution in [0.4, 0.5) is 0 Å². The van der Waals surface area contributed by atoms with Gasteiger partial charge in [0.25, 0.3) is 0 Å². The number of carbonyl (C=O) groups is 1. The van der Waals surface area contributed by atoms with Crippen LogP contribution in [0, 0.1) is 0 Å². The van der Waals surface area contributed by atoms with E-state index in [1.807, 2.05) is 0 Å². The van der Waals surface area contributed by atoms with E-state index >= 15 is 0 Å². The van der Waals surface area contributed by atoms with Crippen molar-refractivity contribution < 1.29 is 9.63 Å². The van der Waals surface area contributed by atoms with Crippen molar-refractivity contribution in [1.29, 1.82) is 0 Å². The van der Waals surface area contributed by atoms with E-state index in [9.17, 15) is 0 Å². The van der Waals surface area contributed by atoms with E-state index < -0.39 is 0 Å². The van der Waals surface area contributed by atoms with E-state index in [0.29, 0.717) is 0 Å². The molecule has 0 aliphatic rings. The zero-order chi connectivity index (χ0) is 8.83. The van der Waals surface area contributed by atoms with Crippen molar-refractivity contribution in [2.24, 2.45) is 10.9 Å². The summed E-state index contributed by atoms with van der Waals surface area (Å²) in [5, 5.41) is 3.35. The maximum Gasteiger partial charge on any atom is 0.116 e. The summed E-state index contributed by atoms with van der Waals surface area (Å²) in [6, 6.07) is 0. The first-order chi connectivity index (χ1) is 4.83. The van der Waals surface area contributed by atoms with Gasteiger partial charge in [0.2, 0.25) is 0 Å². The van der Waals surface area contributed by atoms with E-state index in [2.05, 4.69) is 15.7 Å². The second-order valence-corrected chi connectivity index (χ2v) is 0.782. The number of rotatable bonds is 1. The van der Waals surface area contributed by atoms with Crippen molar-refractivity contribution in [2.75, 3.05) is 14.2 Å². The Morgan fingerprint density at radius 2 is 1.70 bits per heavy atom. The van der Waals surface area contributed by atoms with Gasteiger partial charge in [0.1, 0.15) is 13.4 Å². The SMILES string of the molecule is CC=NOC.CC=O.CN. The summed E-state index contributed by atoms with van der Waals surface area (Å²) < 4.78 is 0. The van der Waals surface area contributed by atoms with Gasteiger partial charge in [-0.2, -0.15) is 0 Å². The molecule has 62 valence electrons. The molecule has 0 aromatic heterocycles. The predicted molar refractivity (Wildman–Crippen MR) is 43.0 cm³/mol. The van der Waals surface area contributed by atoms with Gasteiger partial charge in [-0.1, -0.05) is 0 Å². The van der Waals surface area contributed by atoms with Crippen LogP contribution >= 0.6 is 0 Å². The molecule has 0 heterocycles. The molecule has 0 saturated carbocycles. The normalized spacial score (nSPS) is 6.50. The van der Waals surface area contributed by atoms with E-state index in [-0.39, 0.29) is 0 Å². The fourth-order valence-corrected chi connectivity index (χ4v) is 0.105. The lowest BCUT2D eigenvalue weighted by Crippen LogP contribution is -1.69. The number of hydrogen-bond donors (Lipinski definition) is 1. The Morgan fingerprint density at radius 1 is 1.40 bits per heavy atom. The lowest BCUT2D eigenvalue weighted by atomic mass is 10.9. The van der Waals surface area contributed by atoms with Crippen molar-refractivity contribution >= 4 is 12.5 Å². The molecule has 4 nitrogen and oxygen atoms in total. The maximum absolute atomic E-state index is 8.81. The second kappa shape index (κ2) is 42.5. The van der Waals surface area contributed by atoms with Crippen molar-refractivity contribution in [3.63, 3.8) is 0 Å². The molecule has 0 rings (SSSR count). The highest BCUT2D eigenvalue weighted by Crippen LogP contribution is 1.56. The lowest BCUT2D eigenvalue weighted by molar-refractivity contribution is -0.106. The van der Waals surface area contributed by atoms with Crippen LogP contribution < -0.4 is 5.73 Å². The van der Waals surface area contributed by atoms with Gasteiger partial charge in [-0.25, -0.2) is 0 Å². The van der Waals surface area contributed by atoms with Gasteiger partial charge in [-0.05, 0) is 20.9 Å². The van der Waals surface area contributed by atoms with Gasteiger partial charge < -0.3 is 15.4 Å². The monoisotopic (exact) mass is 148 g/mol. The number of aldehydes is 1. The van der Waals surface area contributed by atoms with Crippen LogP contribution in [0.1, 0.15) is 13.8 Å². The highest BCUT2D eigenvalue weighted by atomic mass is 16.6. The number of nitrogens with two attached hydrogens (primary N) is 1. The Bertz CT molecular complexity index is 64.8. The van der Waals surface area contributed by atoms with Crippen LogP contribution in [0.15, 0.2) is 5.16 Å². The first-order valence-corrected chi connectivity index (χ1v) is 2.82. The summed E-state index contributed by atoms with van der Waals surface area (Å²) in [6.45, 7) is 3.24. The predicted octanol–water partition coefficient (Wildman–Crippen LogP) is 0.419. The molecule has 0 aliphatic carbocycles. The lowest BCUT2D eigenvalue weighted by Gasteiger charge is -1.75. The highest BCUT2D eigenvalue weighted by molar-refractivity contribution is 5.52. The fraction of sp³-hybridized carbons (Fsp3) is 0.667. The molecule has 0 aromatic rings. The van der Waals surface area contributed by atoms with Crippen molar-refractivity contribution in [2.45, 2.75) is 13.8 Å². The minimum absolute atomic E-state index is 0.750. The molecule has 4 heteroatoms. The molecule has 0 unspecified atom stereocenters. The molecule has 2 N–H and O–H groups in total. The zero-order valence-electron chi connectivity index (χ0n) is 7.00. The molecular formula is C6H16N2O2. The minimum Gasteiger partial charge on any atom is -0.399 e. The Hall–Kier alpha value is -0.900. The van der Waals surface area contributed by atoms with Crippen LogP contribution in [0.5, 0.6) is 0 Å². The summed E-state index contributed by atoms with van der Waals surface area (Å²) >= 11 is 0. The average molecular weight is 148 g/mol. The number of hydrogen-bond acceptors (Lipinski definition) is 4. The molecule has 0 aliphatic heterocycles. The first kappa shape index (κ1) is 16.0. The molecule has 0 atom stereocenters. The number of carbonyl (C=O) groups excluding carboxylic acids is 1. The highest BCUT2D eigenvalue weighted by Gasteiger charge is 1.46. The largest absolute Gasteiger partial charge is 0.399 e. The fourth-order valence-electron chi connectivity index (χ4n) is 0.105. The van der Waals surface area contributed by atoms with Gasteiger partial charge >= 0.3 is 0 Å². The molecular weight excluding hydrogens is 132 g/mol. The molecule has 0 fully saturated rings. The second-order valence-electron chi connectivity index (χ2n) is 0.782. The smallest absolute Gasteiger partial charge is 0.116 e. The van der Waals surface area contributed by atoms with E-state index in [1.54, 1.807) is 13.1 Å². The van der Waals surface area contributed by atoms with E-state index in [0.717, 1.165) is 6.29 Å². The maximum atomic E-state index is 8.81. The quantitative estimate of drug-likeness (QED) is 0.333. The van der Waals surface area contributed by atoms with Crippen LogP contribution in [0.3, 0.4) is 0 Å². The third kappa shape index (κ3) is 218. The third-order valence-electron chi connectivity index (χ3n) is 0.211. The van der Waals surface area contributed by atoms with Gasteiger partial charge in [-0.3, -0.25) is 0 Å². The van der Waals surface area contributed by atoms with Crippen LogP contribution in [0.2, 0.25) is 0 Å². The van der Waals surface area contributed by atoms with E-state index in [4.69, 9.17) is 4.79 Å². The third-order valence-corrected chi connectivity index (χ3v) is 0.211. The number of nitrogens with zero attached hydrogens (tertiary/aromatic N) is 1. The summed E-state index contributed by atoms with van der Waals surface area (Å²) in [5.41, 5.74) is 4.50. The molecule has 0 spiro atoms. The van der Waals surface area contributed by atoms with Gasteiger partial charge in [0.05, 0.1) is 0 Å². The summed E-state index contributed by atoms with van der Waals surface area (Å²) in [7, 11) is 3.01. The zero-order valence-corrected chi connectivity index (χ0v) is 7.00. The van der Waals surface area contributed by atoms with Gasteiger partial charge in [0.15, 0.2) is 0 Å². The molecule has 0 aromatic carbocycles. The molecule has 0 saturated heterocycles. The standard InChI is InChI=1S/C3H7NO.C2H4O.CH5N/c1-3-4-5-2;1-2-3;1-2/h3H,1-2H3;2H,1H3;2H2,1H3. The number of oxime groups is 1. The molecule has 10 heavy (non-hydrogen) atoms. The van der Waals surface area contributed by atoms with Crippen molar-refractivity contribution in [3.8, 4) is 0 Å². The average Bonchev–Trinajstić information content (AvgIpc) is 1.96. The van der Waals surface area contributed by atoms with Crippen LogP contribution in [0.25, 0.3) is 0 Å². The Morgan fingerprint density at radius 3 is 1.70 bits per heavy atom. The van der Waals surface area contributed by atoms with Crippen molar-refractivity contribution in [3.05, 3.63) is 0 Å². The summed E-state index contributed by atoms with van der Waals surface area (Å²) in [6.07, 6.45) is 2.33. The minimum atomic E-state index is 0.750. The molecule has 0 radical (unpaired) electrons. The molecule has 0 bridgehead atoms. The van der Waals surface area contributed by atoms with Crippen LogP contribution in [-0.4, -0.2) is 26.7 Å². The summed E-state index contributed by atoms with van der Waals surface area (Å²) in [5.74, 6) is 0. The van der Waals surface area contributed by atoms with Crippen molar-refractivity contribution in [1.82, 2.24) is 0 Å².